The number of halogens is 4. The summed E-state index contributed by atoms with van der Waals surface area (Å²) in [6.07, 6.45) is -5.14. The molecule has 0 bridgehead atoms. The molecule has 1 aliphatic carbocycles. The summed E-state index contributed by atoms with van der Waals surface area (Å²) in [5.74, 6) is -2.49. The largest absolute Gasteiger partial charge is 0.415 e. The summed E-state index contributed by atoms with van der Waals surface area (Å²) in [6.45, 7) is 0.107. The van der Waals surface area contributed by atoms with Crippen LogP contribution in [0, 0.1) is 5.82 Å². The van der Waals surface area contributed by atoms with Crippen molar-refractivity contribution in [3.05, 3.63) is 44.1 Å². The summed E-state index contributed by atoms with van der Waals surface area (Å²) in [4.78, 5) is 35.3. The number of carbonyl (C=O) groups excluding carboxylic acids is 1. The van der Waals surface area contributed by atoms with Crippen molar-refractivity contribution in [3.8, 4) is 11.1 Å². The molecule has 1 amide bonds. The molecule has 0 aliphatic heterocycles. The summed E-state index contributed by atoms with van der Waals surface area (Å²) >= 11 is 0.214. The van der Waals surface area contributed by atoms with Crippen molar-refractivity contribution in [1.82, 2.24) is 19.4 Å². The van der Waals surface area contributed by atoms with Crippen LogP contribution in [0.2, 0.25) is 5.21 Å². The Hall–Kier alpha value is -2.27. The van der Waals surface area contributed by atoms with Gasteiger partial charge in [-0.1, -0.05) is 123 Å². The van der Waals surface area contributed by atoms with Crippen LogP contribution in [0.3, 0.4) is 0 Å². The van der Waals surface area contributed by atoms with E-state index in [0.717, 1.165) is 9.47 Å². The molecule has 0 saturated heterocycles. The lowest BCUT2D eigenvalue weighted by Crippen LogP contribution is -2.65. The Bertz CT molecular complexity index is 2930. The molecule has 0 unspecified atom stereocenters. The maximum absolute atomic E-state index is 15.4. The van der Waals surface area contributed by atoms with Gasteiger partial charge >= 0.3 is 6.18 Å². The van der Waals surface area contributed by atoms with Gasteiger partial charge in [0.2, 0.25) is 5.91 Å². The molecule has 0 fully saturated rings. The van der Waals surface area contributed by atoms with Crippen molar-refractivity contribution in [2.45, 2.75) is 67.9 Å². The van der Waals surface area contributed by atoms with Gasteiger partial charge in [0.05, 0.1) is 110 Å². The Morgan fingerprint density at radius 2 is 0.973 bits per heavy atom. The number of hydrogen-bond donors (Lipinski definition) is 0. The highest BCUT2D eigenvalue weighted by atomic mass is 32.2. The number of rotatable bonds is 13. The SMILES string of the molecule is [B]c1c([B])c(C([B])([B])Sc2nc(=O)c3c(n2CC(=O)N(CCN(C([B])([B])C)C([B])([B])C)C([B])([B])c2c([B])c([B])c(-c4c([B])c([B])c(C(F)(F)F)c([B])c4[B])c([B])c2[B])C([B])([B])C([B])([B])C3([B])[B])c([B])c([B])c1F. The van der Waals surface area contributed by atoms with Crippen LogP contribution in [0.5, 0.6) is 0 Å². The second kappa shape index (κ2) is 19.9. The van der Waals surface area contributed by atoms with Crippen molar-refractivity contribution < 1.29 is 22.4 Å². The van der Waals surface area contributed by atoms with Gasteiger partial charge in [-0.05, 0) is 21.0 Å². The van der Waals surface area contributed by atoms with Crippen LogP contribution in [0.4, 0.5) is 17.6 Å². The highest BCUT2D eigenvalue weighted by molar-refractivity contribution is 8.02. The van der Waals surface area contributed by atoms with Gasteiger partial charge in [-0.3, -0.25) is 9.59 Å². The number of benzene rings is 3. The Morgan fingerprint density at radius 1 is 0.589 bits per heavy atom. The van der Waals surface area contributed by atoms with Crippen molar-refractivity contribution in [2.75, 3.05) is 13.1 Å². The van der Waals surface area contributed by atoms with Crippen molar-refractivity contribution in [1.29, 1.82) is 0 Å². The van der Waals surface area contributed by atoms with E-state index >= 15 is 4.79 Å². The number of alkyl halides is 3. The van der Waals surface area contributed by atoms with Gasteiger partial charge in [-0.15, -0.1) is 5.21 Å². The predicted molar refractivity (Wildman–Crippen MR) is 307 cm³/mol. The number of fused-ring (bicyclic) bond motifs is 1. The molecule has 52 radical (unpaired) electrons. The molecule has 1 heterocycles. The highest BCUT2D eigenvalue weighted by Gasteiger charge is 2.57. The standard InChI is InChI=1S/C36H12B26F4N4O2S/c1-29(49,50)70(30(2,51)52)4-3-69(33(57,58)9-17(41)13(37)7(14(38)18(9)42)8-15(39)21(45)11(35(64,65)66)22(46)16(8)40)6(71)5-68-26-12(31(53,54)36(61,62)32(26,55)56)27(72)67-28(68)73-34(59,60)10-19(43)23(47)25(63)24(48)20(10)44/h3-5H2,1-2H3. The van der Waals surface area contributed by atoms with Crippen LogP contribution in [0.15, 0.2) is 9.95 Å². The van der Waals surface area contributed by atoms with Crippen LogP contribution in [-0.4, -0.2) is 253 Å². The van der Waals surface area contributed by atoms with Crippen LogP contribution < -0.4 is 71.1 Å². The second-order valence-corrected chi connectivity index (χ2v) is 19.4. The monoisotopic (exact) mass is 926 g/mol. The number of nitrogens with zero attached hydrogens (tertiary/aromatic N) is 4. The smallest absolute Gasteiger partial charge is 0.347 e. The fourth-order valence-electron chi connectivity index (χ4n) is 8.73. The van der Waals surface area contributed by atoms with Crippen LogP contribution in [0.25, 0.3) is 11.1 Å². The summed E-state index contributed by atoms with van der Waals surface area (Å²) in [6, 6.07) is 0. The second-order valence-electron chi connectivity index (χ2n) is 18.1. The van der Waals surface area contributed by atoms with E-state index < -0.39 is 189 Å². The third-order valence-electron chi connectivity index (χ3n) is 12.6. The van der Waals surface area contributed by atoms with Crippen LogP contribution in [0.1, 0.15) is 41.8 Å². The minimum atomic E-state index is -5.14. The average molecular weight is 922 g/mol. The van der Waals surface area contributed by atoms with E-state index in [4.69, 9.17) is 204 Å². The van der Waals surface area contributed by atoms with Crippen LogP contribution >= 0.6 is 11.8 Å². The number of aromatic nitrogens is 2. The number of carbonyl (C=O) groups is 1. The molecule has 5 rings (SSSR count). The Morgan fingerprint density at radius 3 is 1.36 bits per heavy atom. The first-order chi connectivity index (χ1) is 32.7. The fourth-order valence-corrected chi connectivity index (χ4v) is 9.75. The topological polar surface area (TPSA) is 58.4 Å². The number of amides is 1. The molecule has 0 spiro atoms. The molecule has 4 aromatic rings. The highest BCUT2D eigenvalue weighted by Crippen LogP contribution is 2.57. The van der Waals surface area contributed by atoms with Crippen molar-refractivity contribution >= 4 is 287 Å². The van der Waals surface area contributed by atoms with Gasteiger partial charge in [0.25, 0.3) is 5.56 Å². The van der Waals surface area contributed by atoms with Gasteiger partial charge in [-0.2, -0.15) is 18.2 Å². The van der Waals surface area contributed by atoms with E-state index in [-0.39, 0.29) is 11.8 Å². The zero-order chi connectivity index (χ0) is 56.5. The first-order valence-corrected chi connectivity index (χ1v) is 21.5. The summed E-state index contributed by atoms with van der Waals surface area (Å²) in [5.41, 5.74) is -15.4. The lowest BCUT2D eigenvalue weighted by Gasteiger charge is -2.50. The maximum Gasteiger partial charge on any atom is 0.415 e. The number of thioether (sulfide) groups is 1. The van der Waals surface area contributed by atoms with Crippen LogP contribution in [-0.2, 0) is 37.8 Å². The Balaban J connectivity index is 1.85. The molecule has 37 heteroatoms. The number of hydrogen-bond acceptors (Lipinski definition) is 5. The molecule has 1 aromatic heterocycles. The molecule has 300 valence electrons. The summed E-state index contributed by atoms with van der Waals surface area (Å²) in [7, 11) is 165. The van der Waals surface area contributed by atoms with E-state index in [2.05, 4.69) is 4.98 Å². The van der Waals surface area contributed by atoms with E-state index in [1.54, 1.807) is 0 Å². The molecular weight excluding hydrogens is 910 g/mol. The molecule has 3 aromatic carbocycles. The van der Waals surface area contributed by atoms with Gasteiger partial charge in [0.1, 0.15) is 107 Å². The maximum atomic E-state index is 15.4. The lowest BCUT2D eigenvalue weighted by molar-refractivity contribution is -0.136. The van der Waals surface area contributed by atoms with Crippen molar-refractivity contribution in [2.24, 2.45) is 0 Å². The lowest BCUT2D eigenvalue weighted by atomic mass is 9.20. The van der Waals surface area contributed by atoms with Gasteiger partial charge in [-0.25, -0.2) is 4.39 Å². The summed E-state index contributed by atoms with van der Waals surface area (Å²) in [5, 5.41) is -15.3. The molecule has 0 saturated carbocycles. The molecule has 6 nitrogen and oxygen atoms in total. The molecular formula is C36H12B26F4N4O2S. The first kappa shape index (κ1) is 61.6. The molecule has 73 heavy (non-hydrogen) atoms. The minimum absolute atomic E-state index is 0.214. The quantitative estimate of drug-likeness (QED) is 0.0579. The van der Waals surface area contributed by atoms with Crippen molar-refractivity contribution in [3.63, 3.8) is 0 Å². The van der Waals surface area contributed by atoms with E-state index in [1.807, 2.05) is 0 Å². The predicted octanol–water partition coefficient (Wildman–Crippen LogP) is -14.4. The summed E-state index contributed by atoms with van der Waals surface area (Å²) < 4.78 is 55.4. The van der Waals surface area contributed by atoms with Gasteiger partial charge < -0.3 is 14.4 Å². The van der Waals surface area contributed by atoms with E-state index in [0.29, 0.717) is 4.90 Å². The van der Waals surface area contributed by atoms with E-state index in [1.165, 1.54) is 13.8 Å². The Labute approximate surface area is 462 Å². The van der Waals surface area contributed by atoms with Gasteiger partial charge in [0.15, 0.2) is 5.16 Å². The molecule has 0 atom stereocenters. The first-order valence-electron chi connectivity index (χ1n) is 20.7. The minimum Gasteiger partial charge on any atom is -0.347 e. The Kier molecular flexibility index (Phi) is 16.8. The zero-order valence-corrected chi connectivity index (χ0v) is 40.0. The normalized spacial score (nSPS) is 15.5. The third-order valence-corrected chi connectivity index (χ3v) is 13.6. The fraction of sp³-hybridized carbons (Fsp3) is 0.361. The molecule has 0 N–H and O–H groups in total. The third kappa shape index (κ3) is 10.1. The average Bonchev–Trinajstić information content (AvgIpc) is 3.33. The molecule has 1 aliphatic rings. The van der Waals surface area contributed by atoms with Gasteiger partial charge in [0, 0.05) is 29.9 Å². The zero-order valence-electron chi connectivity index (χ0n) is 39.2. The van der Waals surface area contributed by atoms with E-state index in [9.17, 15) is 22.4 Å².